The first-order valence-corrected chi connectivity index (χ1v) is 10.7. The van der Waals surface area contributed by atoms with Gasteiger partial charge in [-0.3, -0.25) is 4.90 Å². The van der Waals surface area contributed by atoms with Gasteiger partial charge in [0.1, 0.15) is 6.10 Å². The summed E-state index contributed by atoms with van der Waals surface area (Å²) in [5.41, 5.74) is 8.92. The molecular formula is C25H25NOS. The molecule has 0 N–H and O–H groups in total. The van der Waals surface area contributed by atoms with Gasteiger partial charge in [0.15, 0.2) is 0 Å². The average Bonchev–Trinajstić information content (AvgIpc) is 2.97. The smallest absolute Gasteiger partial charge is 0.210 e. The molecule has 0 spiro atoms. The first-order chi connectivity index (χ1) is 13.4. The Labute approximate surface area is 171 Å². The van der Waals surface area contributed by atoms with Gasteiger partial charge in [0.05, 0.1) is 22.2 Å². The van der Waals surface area contributed by atoms with Crippen molar-refractivity contribution in [3.8, 4) is 0 Å². The summed E-state index contributed by atoms with van der Waals surface area (Å²) in [5, 5.41) is 0. The lowest BCUT2D eigenvalue weighted by Gasteiger charge is -2.34. The fraction of sp³-hybridized carbons (Fsp3) is 0.280. The van der Waals surface area contributed by atoms with Crippen molar-refractivity contribution in [3.05, 3.63) is 87.2 Å². The molecule has 0 fully saturated rings. The third-order valence-corrected chi connectivity index (χ3v) is 6.96. The number of nitrogens with zero attached hydrogens (tertiary/aromatic N) is 1. The molecule has 2 atom stereocenters. The van der Waals surface area contributed by atoms with Crippen LogP contribution in [-0.4, -0.2) is 6.10 Å². The Kier molecular flexibility index (Phi) is 3.99. The van der Waals surface area contributed by atoms with Crippen LogP contribution in [0, 0.1) is 33.6 Å². The molecule has 2 aliphatic heterocycles. The Bertz CT molecular complexity index is 1070. The van der Waals surface area contributed by atoms with E-state index in [2.05, 4.69) is 88.1 Å². The van der Waals surface area contributed by atoms with E-state index in [1.165, 1.54) is 49.0 Å². The lowest BCUT2D eigenvalue weighted by Crippen LogP contribution is -2.23. The van der Waals surface area contributed by atoms with Crippen molar-refractivity contribution < 1.29 is 4.74 Å². The lowest BCUT2D eigenvalue weighted by molar-refractivity contribution is 0.161. The minimum absolute atomic E-state index is 0.0881. The number of allylic oxidation sites excluding steroid dienone is 2. The van der Waals surface area contributed by atoms with Crippen LogP contribution in [-0.2, 0) is 4.74 Å². The highest BCUT2D eigenvalue weighted by atomic mass is 32.2. The molecule has 3 heteroatoms. The molecule has 3 aliphatic rings. The minimum Gasteiger partial charge on any atom is -0.469 e. The second kappa shape index (κ2) is 6.31. The summed E-state index contributed by atoms with van der Waals surface area (Å²) >= 11 is 1.88. The number of benzene rings is 2. The monoisotopic (exact) mass is 387 g/mol. The molecule has 0 bridgehead atoms. The fourth-order valence-corrected chi connectivity index (χ4v) is 5.91. The number of thioether (sulfide) groups is 1. The summed E-state index contributed by atoms with van der Waals surface area (Å²) in [4.78, 5) is 4.99. The average molecular weight is 388 g/mol. The lowest BCUT2D eigenvalue weighted by atomic mass is 9.95. The maximum atomic E-state index is 6.57. The molecule has 0 saturated carbocycles. The maximum Gasteiger partial charge on any atom is 0.210 e. The van der Waals surface area contributed by atoms with Gasteiger partial charge in [0.2, 0.25) is 5.88 Å². The van der Waals surface area contributed by atoms with Gasteiger partial charge in [0, 0.05) is 4.90 Å². The second-order valence-electron chi connectivity index (χ2n) is 8.20. The van der Waals surface area contributed by atoms with Crippen LogP contribution in [0.15, 0.2) is 69.8 Å². The molecule has 2 aromatic rings. The zero-order valence-electron chi connectivity index (χ0n) is 17.0. The van der Waals surface area contributed by atoms with Crippen molar-refractivity contribution in [3.63, 3.8) is 0 Å². The molecule has 28 heavy (non-hydrogen) atoms. The van der Waals surface area contributed by atoms with Crippen molar-refractivity contribution in [1.82, 2.24) is 0 Å². The fourth-order valence-electron chi connectivity index (χ4n) is 4.60. The zero-order valence-corrected chi connectivity index (χ0v) is 17.9. The summed E-state index contributed by atoms with van der Waals surface area (Å²) in [7, 11) is 0. The summed E-state index contributed by atoms with van der Waals surface area (Å²) in [6.07, 6.45) is 6.83. The number of aryl methyl sites for hydroxylation is 4. The van der Waals surface area contributed by atoms with E-state index in [0.717, 1.165) is 5.88 Å². The van der Waals surface area contributed by atoms with E-state index < -0.39 is 0 Å². The van der Waals surface area contributed by atoms with E-state index in [9.17, 15) is 0 Å². The van der Waals surface area contributed by atoms with Crippen LogP contribution in [0.4, 0.5) is 11.4 Å². The van der Waals surface area contributed by atoms with E-state index in [0.29, 0.717) is 5.92 Å². The van der Waals surface area contributed by atoms with Crippen molar-refractivity contribution in [1.29, 1.82) is 0 Å². The van der Waals surface area contributed by atoms with E-state index in [1.54, 1.807) is 0 Å². The van der Waals surface area contributed by atoms with Crippen molar-refractivity contribution >= 4 is 23.1 Å². The van der Waals surface area contributed by atoms with E-state index in [4.69, 9.17) is 4.74 Å². The molecule has 142 valence electrons. The number of hydrogen-bond acceptors (Lipinski definition) is 3. The first kappa shape index (κ1) is 17.7. The predicted molar refractivity (Wildman–Crippen MR) is 118 cm³/mol. The van der Waals surface area contributed by atoms with Crippen LogP contribution in [0.1, 0.15) is 29.2 Å². The highest BCUT2D eigenvalue weighted by Crippen LogP contribution is 2.55. The van der Waals surface area contributed by atoms with E-state index in [1.807, 2.05) is 11.8 Å². The molecule has 0 saturated heterocycles. The highest BCUT2D eigenvalue weighted by Gasteiger charge is 2.43. The molecule has 2 nitrogen and oxygen atoms in total. The van der Waals surface area contributed by atoms with Gasteiger partial charge in [-0.2, -0.15) is 0 Å². The van der Waals surface area contributed by atoms with Crippen LogP contribution in [0.2, 0.25) is 0 Å². The Morgan fingerprint density at radius 1 is 0.929 bits per heavy atom. The van der Waals surface area contributed by atoms with E-state index in [-0.39, 0.29) is 6.10 Å². The molecular weight excluding hydrogens is 362 g/mol. The molecule has 2 unspecified atom stereocenters. The van der Waals surface area contributed by atoms with Crippen LogP contribution in [0.5, 0.6) is 0 Å². The quantitative estimate of drug-likeness (QED) is 0.530. The zero-order chi connectivity index (χ0) is 19.6. The third kappa shape index (κ3) is 2.64. The SMILES string of the molecule is CC1=CC2C3=C(OC2C=C1)N(c1c(C)cc(C)cc1C)c1ccc(C)cc1S3. The van der Waals surface area contributed by atoms with Crippen LogP contribution in [0.25, 0.3) is 0 Å². The van der Waals surface area contributed by atoms with Crippen molar-refractivity contribution in [2.24, 2.45) is 5.92 Å². The van der Waals surface area contributed by atoms with Gasteiger partial charge in [0.25, 0.3) is 0 Å². The standard InChI is InChI=1S/C25H25NOS/c1-14-7-9-21-19(12-14)24-25(27-21)26(20-8-6-15(2)13-22(20)28-24)23-17(4)10-16(3)11-18(23)5/h6-13,19,21H,1-5H3. The largest absolute Gasteiger partial charge is 0.469 e. The second-order valence-corrected chi connectivity index (χ2v) is 9.29. The molecule has 2 heterocycles. The van der Waals surface area contributed by atoms with Crippen molar-refractivity contribution in [2.45, 2.75) is 45.6 Å². The van der Waals surface area contributed by atoms with Crippen LogP contribution >= 0.6 is 11.8 Å². The third-order valence-electron chi connectivity index (χ3n) is 5.74. The summed E-state index contributed by atoms with van der Waals surface area (Å²) in [5.74, 6) is 1.30. The molecule has 5 rings (SSSR count). The van der Waals surface area contributed by atoms with Gasteiger partial charge in [-0.05, 0) is 69.5 Å². The summed E-state index contributed by atoms with van der Waals surface area (Å²) < 4.78 is 6.57. The number of ether oxygens (including phenoxy) is 1. The molecule has 1 aliphatic carbocycles. The Hall–Kier alpha value is -2.39. The summed E-state index contributed by atoms with van der Waals surface area (Å²) in [6, 6.07) is 11.3. The Balaban J connectivity index is 1.75. The molecule has 0 amide bonds. The van der Waals surface area contributed by atoms with Crippen LogP contribution in [0.3, 0.4) is 0 Å². The number of fused-ring (bicyclic) bond motifs is 3. The molecule has 0 aromatic heterocycles. The number of rotatable bonds is 1. The van der Waals surface area contributed by atoms with Gasteiger partial charge in [-0.25, -0.2) is 0 Å². The summed E-state index contributed by atoms with van der Waals surface area (Å²) in [6.45, 7) is 10.9. The molecule has 2 aromatic carbocycles. The van der Waals surface area contributed by atoms with Crippen molar-refractivity contribution in [2.75, 3.05) is 4.90 Å². The van der Waals surface area contributed by atoms with Gasteiger partial charge < -0.3 is 4.74 Å². The highest BCUT2D eigenvalue weighted by molar-refractivity contribution is 8.03. The minimum atomic E-state index is 0.0881. The maximum absolute atomic E-state index is 6.57. The first-order valence-electron chi connectivity index (χ1n) is 9.86. The van der Waals surface area contributed by atoms with E-state index >= 15 is 0 Å². The predicted octanol–water partition coefficient (Wildman–Crippen LogP) is 6.86. The normalized spacial score (nSPS) is 22.5. The van der Waals surface area contributed by atoms with Gasteiger partial charge in [-0.1, -0.05) is 53.2 Å². The number of hydrogen-bond donors (Lipinski definition) is 0. The Morgan fingerprint density at radius 2 is 1.68 bits per heavy atom. The molecule has 0 radical (unpaired) electrons. The van der Waals surface area contributed by atoms with Crippen LogP contribution < -0.4 is 4.90 Å². The van der Waals surface area contributed by atoms with Gasteiger partial charge in [-0.15, -0.1) is 0 Å². The van der Waals surface area contributed by atoms with Gasteiger partial charge >= 0.3 is 0 Å². The Morgan fingerprint density at radius 3 is 2.43 bits per heavy atom. The topological polar surface area (TPSA) is 12.5 Å². The number of anilines is 2.